The molecule has 104 valence electrons. The monoisotopic (exact) mass is 283 g/mol. The number of rotatable bonds is 3. The molecule has 0 radical (unpaired) electrons. The Labute approximate surface area is 112 Å². The van der Waals surface area contributed by atoms with Crippen LogP contribution in [0.1, 0.15) is 13.3 Å². The van der Waals surface area contributed by atoms with E-state index in [1.165, 1.54) is 0 Å². The smallest absolute Gasteiger partial charge is 0.449 e. The highest BCUT2D eigenvalue weighted by Crippen LogP contribution is 2.39. The highest BCUT2D eigenvalue weighted by atomic mass is 28.3. The van der Waals surface area contributed by atoms with Crippen LogP contribution in [0.4, 0.5) is 0 Å². The molecule has 0 amide bonds. The molecule has 3 atom stereocenters. The van der Waals surface area contributed by atoms with Crippen LogP contribution in [0.3, 0.4) is 0 Å². The fourth-order valence-corrected chi connectivity index (χ4v) is 3.83. The van der Waals surface area contributed by atoms with E-state index in [2.05, 4.69) is 24.4 Å². The van der Waals surface area contributed by atoms with Crippen molar-refractivity contribution in [2.24, 2.45) is 11.8 Å². The summed E-state index contributed by atoms with van der Waals surface area (Å²) in [7, 11) is -1.75. The highest BCUT2D eigenvalue weighted by molar-refractivity contribution is 6.78. The zero-order valence-corrected chi connectivity index (χ0v) is 12.6. The van der Waals surface area contributed by atoms with Gasteiger partial charge in [0.25, 0.3) is 11.6 Å². The molecule has 0 aromatic rings. The number of nitrogens with zero attached hydrogens (tertiary/aromatic N) is 1. The maximum absolute atomic E-state index is 12.3. The third-order valence-corrected chi connectivity index (χ3v) is 7.06. The number of carboxylic acids is 1. The van der Waals surface area contributed by atoms with Crippen molar-refractivity contribution in [3.63, 3.8) is 0 Å². The number of carbonyl (C=O) groups excluding carboxylic acids is 2. The zero-order valence-electron chi connectivity index (χ0n) is 11.6. The van der Waals surface area contributed by atoms with E-state index in [9.17, 15) is 19.5 Å². The standard InChI is InChI=1S/C12H18N2O4Si/c1-6(19(2,3)4)9-7(12(17)18)5-8(15)10(14-13)11(9)16/h6-7,9,13H,5H2,1-4H3/p+1. The number of hydrogen-bond acceptors (Lipinski definition) is 4. The molecule has 0 heterocycles. The van der Waals surface area contributed by atoms with Gasteiger partial charge < -0.3 is 5.11 Å². The van der Waals surface area contributed by atoms with Crippen LogP contribution in [0.25, 0.3) is 0 Å². The summed E-state index contributed by atoms with van der Waals surface area (Å²) in [6.07, 6.45) is -0.238. The van der Waals surface area contributed by atoms with Gasteiger partial charge in [-0.2, -0.15) is 0 Å². The summed E-state index contributed by atoms with van der Waals surface area (Å²) < 4.78 is 0. The Morgan fingerprint density at radius 2 is 1.95 bits per heavy atom. The Bertz CT molecular complexity index is 488. The first-order chi connectivity index (χ1) is 8.61. The van der Waals surface area contributed by atoms with Crippen molar-refractivity contribution < 1.29 is 24.3 Å². The van der Waals surface area contributed by atoms with Gasteiger partial charge in [-0.25, -0.2) is 0 Å². The topological polar surface area (TPSA) is 109 Å². The summed E-state index contributed by atoms with van der Waals surface area (Å²) in [5, 5.41) is 9.24. The molecule has 1 fully saturated rings. The second kappa shape index (κ2) is 5.18. The second-order valence-corrected chi connectivity index (χ2v) is 11.7. The molecular weight excluding hydrogens is 264 g/mol. The van der Waals surface area contributed by atoms with Gasteiger partial charge in [0.1, 0.15) is 0 Å². The molecule has 3 unspecified atom stereocenters. The molecule has 0 aromatic carbocycles. The number of nitrogens with one attached hydrogen (secondary N) is 1. The predicted octanol–water partition coefficient (Wildman–Crippen LogP) is 1.25. The number of Topliss-reactive ketones (excluding diaryl/α,β-unsaturated/α-hetero) is 2. The van der Waals surface area contributed by atoms with Crippen LogP contribution < -0.4 is 0 Å². The fraction of sp³-hybridized carbons (Fsp3) is 0.667. The molecule has 1 saturated carbocycles. The normalized spacial score (nSPS) is 26.0. The molecule has 19 heavy (non-hydrogen) atoms. The molecule has 0 bridgehead atoms. The van der Waals surface area contributed by atoms with Crippen molar-refractivity contribution in [2.75, 3.05) is 0 Å². The first kappa shape index (κ1) is 15.5. The van der Waals surface area contributed by atoms with E-state index in [1.807, 2.05) is 6.92 Å². The second-order valence-electron chi connectivity index (χ2n) is 6.08. The first-order valence-corrected chi connectivity index (χ1v) is 9.73. The lowest BCUT2D eigenvalue weighted by Crippen LogP contribution is -2.50. The van der Waals surface area contributed by atoms with Gasteiger partial charge >= 0.3 is 11.7 Å². The Hall–Kier alpha value is -1.59. The molecule has 0 saturated heterocycles. The molecule has 1 rings (SSSR count). The summed E-state index contributed by atoms with van der Waals surface area (Å²) in [5.74, 6) is -4.07. The molecule has 1 aliphatic carbocycles. The Kier molecular flexibility index (Phi) is 4.22. The number of carbonyl (C=O) groups is 3. The molecule has 0 aromatic heterocycles. The van der Waals surface area contributed by atoms with Crippen molar-refractivity contribution >= 4 is 31.3 Å². The van der Waals surface area contributed by atoms with Gasteiger partial charge in [-0.05, 0) is 5.54 Å². The van der Waals surface area contributed by atoms with Gasteiger partial charge in [0.2, 0.25) is 0 Å². The lowest BCUT2D eigenvalue weighted by atomic mass is 9.75. The lowest BCUT2D eigenvalue weighted by Gasteiger charge is -2.35. The summed E-state index contributed by atoms with van der Waals surface area (Å²) in [6.45, 7) is 8.02. The van der Waals surface area contributed by atoms with Gasteiger partial charge in [-0.1, -0.05) is 26.6 Å². The molecule has 7 heteroatoms. The van der Waals surface area contributed by atoms with Crippen molar-refractivity contribution in [3.05, 3.63) is 0 Å². The van der Waals surface area contributed by atoms with E-state index in [0.29, 0.717) is 0 Å². The van der Waals surface area contributed by atoms with Crippen molar-refractivity contribution in [1.82, 2.24) is 0 Å². The summed E-state index contributed by atoms with van der Waals surface area (Å²) in [5.41, 5.74) is 6.44. The van der Waals surface area contributed by atoms with Crippen molar-refractivity contribution in [3.8, 4) is 0 Å². The van der Waals surface area contributed by atoms with Crippen LogP contribution in [-0.4, -0.2) is 41.2 Å². The minimum absolute atomic E-state index is 0.0917. The maximum Gasteiger partial charge on any atom is 0.449 e. The molecule has 6 nitrogen and oxygen atoms in total. The lowest BCUT2D eigenvalue weighted by molar-refractivity contribution is -0.157. The average Bonchev–Trinajstić information content (AvgIpc) is 2.26. The Balaban J connectivity index is 3.29. The van der Waals surface area contributed by atoms with E-state index in [-0.39, 0.29) is 12.0 Å². The molecule has 1 aliphatic rings. The van der Waals surface area contributed by atoms with Crippen LogP contribution >= 0.6 is 0 Å². The van der Waals surface area contributed by atoms with Crippen molar-refractivity contribution in [1.29, 1.82) is 5.53 Å². The molecule has 2 N–H and O–H groups in total. The van der Waals surface area contributed by atoms with Crippen LogP contribution in [0, 0.1) is 17.4 Å². The third-order valence-electron chi connectivity index (χ3n) is 3.97. The number of hydrogen-bond donors (Lipinski definition) is 2. The molecule has 0 spiro atoms. The summed E-state index contributed by atoms with van der Waals surface area (Å²) in [6, 6.07) is 0. The molecular formula is C12H19N2O4Si+. The Morgan fingerprint density at radius 1 is 1.42 bits per heavy atom. The van der Waals surface area contributed by atoms with Crippen LogP contribution in [0.2, 0.25) is 25.2 Å². The average molecular weight is 283 g/mol. The first-order valence-electron chi connectivity index (χ1n) is 6.16. The summed E-state index contributed by atoms with van der Waals surface area (Å²) in [4.78, 5) is 38.2. The van der Waals surface area contributed by atoms with Gasteiger partial charge in [0.05, 0.1) is 16.2 Å². The third kappa shape index (κ3) is 2.88. The predicted molar refractivity (Wildman–Crippen MR) is 70.0 cm³/mol. The van der Waals surface area contributed by atoms with Crippen LogP contribution in [0.5, 0.6) is 0 Å². The van der Waals surface area contributed by atoms with Crippen LogP contribution in [-0.2, 0) is 14.4 Å². The zero-order chi connectivity index (χ0) is 15.0. The van der Waals surface area contributed by atoms with Gasteiger partial charge in [0, 0.05) is 20.4 Å². The maximum atomic E-state index is 12.3. The van der Waals surface area contributed by atoms with E-state index < -0.39 is 43.2 Å². The van der Waals surface area contributed by atoms with E-state index >= 15 is 0 Å². The van der Waals surface area contributed by atoms with Crippen LogP contribution in [0.15, 0.2) is 0 Å². The number of ketones is 2. The van der Waals surface area contributed by atoms with E-state index in [4.69, 9.17) is 5.53 Å². The highest BCUT2D eigenvalue weighted by Gasteiger charge is 2.54. The van der Waals surface area contributed by atoms with E-state index in [1.54, 1.807) is 0 Å². The quantitative estimate of drug-likeness (QED) is 0.461. The SMILES string of the molecule is CC(C1C(=O)C(=[N+]=N)C(=O)CC1C(=O)O)[Si](C)(C)C. The minimum Gasteiger partial charge on any atom is -0.481 e. The van der Waals surface area contributed by atoms with Gasteiger partial charge in [0.15, 0.2) is 0 Å². The number of aliphatic carboxylic acids is 1. The number of carboxylic acid groups (broad SMARTS) is 1. The van der Waals surface area contributed by atoms with E-state index in [0.717, 1.165) is 0 Å². The largest absolute Gasteiger partial charge is 0.481 e. The van der Waals surface area contributed by atoms with Crippen molar-refractivity contribution in [2.45, 2.75) is 38.5 Å². The van der Waals surface area contributed by atoms with Gasteiger partial charge in [-0.3, -0.25) is 14.4 Å². The van der Waals surface area contributed by atoms with Gasteiger partial charge in [-0.15, -0.1) is 0 Å². The Morgan fingerprint density at radius 3 is 2.32 bits per heavy atom. The fourth-order valence-electron chi connectivity index (χ4n) is 2.37. The molecule has 0 aliphatic heterocycles. The summed E-state index contributed by atoms with van der Waals surface area (Å²) >= 11 is 0. The minimum atomic E-state index is -1.75.